The van der Waals surface area contributed by atoms with Gasteiger partial charge in [0, 0.05) is 5.56 Å². The monoisotopic (exact) mass is 233 g/mol. The molecule has 0 aliphatic rings. The van der Waals surface area contributed by atoms with Gasteiger partial charge in [-0.25, -0.2) is 14.0 Å². The Morgan fingerprint density at radius 3 is 2.87 bits per heavy atom. The number of rotatable bonds is 3. The van der Waals surface area contributed by atoms with E-state index < -0.39 is 17.8 Å². The van der Waals surface area contributed by atoms with Crippen molar-refractivity contribution in [2.75, 3.05) is 7.11 Å². The minimum absolute atomic E-state index is 0.0249. The normalized spacial score (nSPS) is 12.2. The molecule has 0 bridgehead atoms. The van der Waals surface area contributed by atoms with Gasteiger partial charge in [0.25, 0.3) is 0 Å². The van der Waals surface area contributed by atoms with Gasteiger partial charge in [-0.2, -0.15) is 0 Å². The second-order valence-corrected chi connectivity index (χ2v) is 2.99. The smallest absolute Gasteiger partial charge is 0.328 e. The number of carbonyl (C=O) groups is 1. The van der Waals surface area contributed by atoms with Crippen molar-refractivity contribution in [1.29, 1.82) is 0 Å². The molecule has 1 rings (SSSR count). The molecule has 0 amide bonds. The van der Waals surface area contributed by atoms with Crippen LogP contribution in [0.2, 0.25) is 0 Å². The van der Waals surface area contributed by atoms with Crippen LogP contribution in [0.4, 0.5) is 4.39 Å². The van der Waals surface area contributed by atoms with E-state index in [9.17, 15) is 14.3 Å². The lowest BCUT2D eigenvalue weighted by molar-refractivity contribution is -0.142. The lowest BCUT2D eigenvalue weighted by Gasteiger charge is -2.13. The Morgan fingerprint density at radius 1 is 1.67 bits per heavy atom. The Hall–Kier alpha value is -1.33. The third-order valence-electron chi connectivity index (χ3n) is 1.85. The van der Waals surface area contributed by atoms with E-state index in [-0.39, 0.29) is 11.3 Å². The molecule has 0 heterocycles. The maximum atomic E-state index is 12.9. The zero-order valence-corrected chi connectivity index (χ0v) is 8.58. The van der Waals surface area contributed by atoms with Crippen molar-refractivity contribution in [3.8, 4) is 5.75 Å². The molecule has 82 valence electrons. The molecule has 0 saturated carbocycles. The van der Waals surface area contributed by atoms with E-state index in [1.54, 1.807) is 0 Å². The molecule has 0 unspecified atom stereocenters. The zero-order chi connectivity index (χ0) is 11.4. The van der Waals surface area contributed by atoms with Gasteiger partial charge in [0.05, 0.1) is 7.11 Å². The number of aromatic hydroxyl groups is 1. The van der Waals surface area contributed by atoms with Gasteiger partial charge in [0.2, 0.25) is 0 Å². The predicted molar refractivity (Wildman–Crippen MR) is 51.8 cm³/mol. The first-order chi connectivity index (χ1) is 7.10. The van der Waals surface area contributed by atoms with Crippen LogP contribution in [0.3, 0.4) is 0 Å². The summed E-state index contributed by atoms with van der Waals surface area (Å²) in [6.45, 7) is 0. The highest BCUT2D eigenvalue weighted by molar-refractivity contribution is 6.15. The highest BCUT2D eigenvalue weighted by Gasteiger charge is 2.23. The number of methoxy groups -OCH3 is 1. The summed E-state index contributed by atoms with van der Waals surface area (Å²) in [4.78, 5) is 13.3. The van der Waals surface area contributed by atoms with Crippen LogP contribution in [0.5, 0.6) is 5.75 Å². The van der Waals surface area contributed by atoms with Crippen molar-refractivity contribution in [1.82, 2.24) is 4.84 Å². The van der Waals surface area contributed by atoms with E-state index >= 15 is 0 Å². The summed E-state index contributed by atoms with van der Waals surface area (Å²) in [5, 5.41) is 9.41. The maximum Gasteiger partial charge on any atom is 0.328 e. The molecule has 0 fully saturated rings. The van der Waals surface area contributed by atoms with Crippen molar-refractivity contribution in [2.45, 2.75) is 6.04 Å². The first-order valence-electron chi connectivity index (χ1n) is 4.02. The Morgan fingerprint density at radius 2 is 2.33 bits per heavy atom. The van der Waals surface area contributed by atoms with Crippen LogP contribution >= 0.6 is 11.8 Å². The topological polar surface area (TPSA) is 58.6 Å². The molecule has 0 aromatic heterocycles. The number of esters is 1. The van der Waals surface area contributed by atoms with Crippen molar-refractivity contribution in [2.24, 2.45) is 0 Å². The summed E-state index contributed by atoms with van der Waals surface area (Å²) in [5.41, 5.74) is 0.0249. The lowest BCUT2D eigenvalue weighted by atomic mass is 10.1. The predicted octanol–water partition coefficient (Wildman–Crippen LogP) is 1.49. The Bertz CT molecular complexity index is 372. The number of carbonyl (C=O) groups excluding carboxylic acids is 1. The van der Waals surface area contributed by atoms with Crippen molar-refractivity contribution in [3.63, 3.8) is 0 Å². The highest BCUT2D eigenvalue weighted by Crippen LogP contribution is 2.26. The van der Waals surface area contributed by atoms with Crippen LogP contribution in [0.25, 0.3) is 0 Å². The van der Waals surface area contributed by atoms with E-state index in [4.69, 9.17) is 11.8 Å². The third-order valence-corrected chi connectivity index (χ3v) is 2.06. The van der Waals surface area contributed by atoms with Crippen LogP contribution in [0, 0.1) is 5.82 Å². The lowest BCUT2D eigenvalue weighted by Crippen LogP contribution is -2.23. The molecule has 2 N–H and O–H groups in total. The number of benzene rings is 1. The molecule has 0 aliphatic heterocycles. The molecule has 0 radical (unpaired) electrons. The summed E-state index contributed by atoms with van der Waals surface area (Å²) in [5.74, 6) is -1.53. The van der Waals surface area contributed by atoms with Gasteiger partial charge in [-0.3, -0.25) is 0 Å². The zero-order valence-electron chi connectivity index (χ0n) is 7.83. The highest BCUT2D eigenvalue weighted by atomic mass is 35.5. The van der Waals surface area contributed by atoms with Crippen LogP contribution < -0.4 is 4.84 Å². The number of hydrogen-bond acceptors (Lipinski definition) is 4. The van der Waals surface area contributed by atoms with E-state index in [0.29, 0.717) is 0 Å². The van der Waals surface area contributed by atoms with Crippen LogP contribution in [0.15, 0.2) is 18.2 Å². The summed E-state index contributed by atoms with van der Waals surface area (Å²) in [6, 6.07) is 2.11. The summed E-state index contributed by atoms with van der Waals surface area (Å²) in [6.07, 6.45) is 0. The summed E-state index contributed by atoms with van der Waals surface area (Å²) in [7, 11) is 1.17. The summed E-state index contributed by atoms with van der Waals surface area (Å²) < 4.78 is 17.3. The minimum Gasteiger partial charge on any atom is -0.508 e. The maximum absolute atomic E-state index is 12.9. The van der Waals surface area contributed by atoms with Gasteiger partial charge in [-0.15, -0.1) is 0 Å². The van der Waals surface area contributed by atoms with Gasteiger partial charge in [-0.1, -0.05) is 0 Å². The molecular formula is C9H9ClFNO3. The fourth-order valence-electron chi connectivity index (χ4n) is 1.10. The van der Waals surface area contributed by atoms with Crippen molar-refractivity contribution < 1.29 is 19.0 Å². The second kappa shape index (κ2) is 4.95. The molecule has 1 aromatic rings. The van der Waals surface area contributed by atoms with E-state index in [0.717, 1.165) is 18.2 Å². The Kier molecular flexibility index (Phi) is 3.88. The number of phenolic OH excluding ortho intramolecular Hbond substituents is 1. The number of phenols is 1. The SMILES string of the molecule is COC(=O)[C@H](NCl)c1cc(F)ccc1O. The molecule has 6 heteroatoms. The molecule has 0 saturated heterocycles. The number of ether oxygens (including phenoxy) is 1. The molecular weight excluding hydrogens is 225 g/mol. The minimum atomic E-state index is -1.10. The largest absolute Gasteiger partial charge is 0.508 e. The Balaban J connectivity index is 3.11. The fraction of sp³-hybridized carbons (Fsp3) is 0.222. The van der Waals surface area contributed by atoms with Crippen LogP contribution in [-0.2, 0) is 9.53 Å². The first kappa shape index (κ1) is 11.7. The van der Waals surface area contributed by atoms with E-state index in [1.165, 1.54) is 7.11 Å². The van der Waals surface area contributed by atoms with Gasteiger partial charge in [-0.05, 0) is 30.0 Å². The standard InChI is InChI=1S/C9H9ClFNO3/c1-15-9(14)8(12-10)6-4-5(11)2-3-7(6)13/h2-4,8,12-13H,1H3/t8-/m1/s1. The van der Waals surface area contributed by atoms with Gasteiger partial charge in [0.15, 0.2) is 0 Å². The fourth-order valence-corrected chi connectivity index (χ4v) is 1.31. The number of nitrogens with one attached hydrogen (secondary N) is 1. The van der Waals surface area contributed by atoms with Gasteiger partial charge < -0.3 is 9.84 Å². The molecule has 0 spiro atoms. The molecule has 4 nitrogen and oxygen atoms in total. The number of halogens is 2. The third kappa shape index (κ3) is 2.57. The van der Waals surface area contributed by atoms with Crippen LogP contribution in [-0.4, -0.2) is 18.2 Å². The van der Waals surface area contributed by atoms with Gasteiger partial charge in [0.1, 0.15) is 17.6 Å². The van der Waals surface area contributed by atoms with Crippen LogP contribution in [0.1, 0.15) is 11.6 Å². The summed E-state index contributed by atoms with van der Waals surface area (Å²) >= 11 is 5.32. The Labute approximate surface area is 90.7 Å². The second-order valence-electron chi connectivity index (χ2n) is 2.77. The average Bonchev–Trinajstić information content (AvgIpc) is 2.23. The molecule has 15 heavy (non-hydrogen) atoms. The van der Waals surface area contributed by atoms with Gasteiger partial charge >= 0.3 is 5.97 Å². The molecule has 0 aliphatic carbocycles. The van der Waals surface area contributed by atoms with Crippen molar-refractivity contribution >= 4 is 17.7 Å². The van der Waals surface area contributed by atoms with E-state index in [2.05, 4.69) is 9.57 Å². The van der Waals surface area contributed by atoms with Crippen molar-refractivity contribution in [3.05, 3.63) is 29.6 Å². The number of hydrogen-bond donors (Lipinski definition) is 2. The average molecular weight is 234 g/mol. The molecule has 1 aromatic carbocycles. The molecule has 1 atom stereocenters. The van der Waals surface area contributed by atoms with E-state index in [1.807, 2.05) is 0 Å². The quantitative estimate of drug-likeness (QED) is 0.614. The first-order valence-corrected chi connectivity index (χ1v) is 4.40.